The van der Waals surface area contributed by atoms with Crippen molar-refractivity contribution in [2.24, 2.45) is 0 Å². The van der Waals surface area contributed by atoms with Crippen molar-refractivity contribution in [1.29, 1.82) is 0 Å². The molecule has 2 rings (SSSR count). The Labute approximate surface area is 158 Å². The van der Waals surface area contributed by atoms with E-state index < -0.39 is 0 Å². The quantitative estimate of drug-likeness (QED) is 0.626. The van der Waals surface area contributed by atoms with E-state index in [1.807, 2.05) is 29.6 Å². The molecule has 1 aromatic carbocycles. The topological polar surface area (TPSA) is 80.3 Å². The summed E-state index contributed by atoms with van der Waals surface area (Å²) < 4.78 is 5.16. The van der Waals surface area contributed by atoms with Crippen molar-refractivity contribution in [3.8, 4) is 17.0 Å². The summed E-state index contributed by atoms with van der Waals surface area (Å²) in [5.41, 5.74) is 1.96. The van der Waals surface area contributed by atoms with Crippen LogP contribution in [0, 0.1) is 0 Å². The lowest BCUT2D eigenvalue weighted by Crippen LogP contribution is -2.26. The van der Waals surface area contributed by atoms with Crippen molar-refractivity contribution in [2.75, 3.05) is 20.2 Å². The van der Waals surface area contributed by atoms with E-state index in [-0.39, 0.29) is 11.8 Å². The maximum Gasteiger partial charge on any atom is 0.220 e. The number of hydrogen-bond acceptors (Lipinski definition) is 5. The third kappa shape index (κ3) is 6.84. The second kappa shape index (κ2) is 10.6. The Morgan fingerprint density at radius 1 is 1.12 bits per heavy atom. The van der Waals surface area contributed by atoms with E-state index in [2.05, 4.69) is 15.6 Å². The Kier molecular flexibility index (Phi) is 8.08. The van der Waals surface area contributed by atoms with Gasteiger partial charge in [0.2, 0.25) is 11.8 Å². The van der Waals surface area contributed by atoms with Gasteiger partial charge in [0.1, 0.15) is 5.75 Å². The first-order chi connectivity index (χ1) is 12.6. The van der Waals surface area contributed by atoms with Gasteiger partial charge in [-0.1, -0.05) is 0 Å². The zero-order chi connectivity index (χ0) is 18.8. The van der Waals surface area contributed by atoms with Crippen molar-refractivity contribution in [3.05, 3.63) is 34.7 Å². The molecule has 0 aliphatic heterocycles. The molecule has 0 aliphatic rings. The largest absolute Gasteiger partial charge is 0.497 e. The van der Waals surface area contributed by atoms with Crippen LogP contribution in [0.4, 0.5) is 0 Å². The van der Waals surface area contributed by atoms with E-state index in [0.717, 1.165) is 34.9 Å². The lowest BCUT2D eigenvalue weighted by Gasteiger charge is -2.05. The van der Waals surface area contributed by atoms with Crippen molar-refractivity contribution in [2.45, 2.75) is 32.6 Å². The molecule has 140 valence electrons. The number of thiazole rings is 1. The van der Waals surface area contributed by atoms with E-state index in [0.29, 0.717) is 25.9 Å². The number of carbonyl (C=O) groups excluding carboxylic acids is 2. The number of nitrogens with zero attached hydrogens (tertiary/aromatic N) is 1. The van der Waals surface area contributed by atoms with E-state index >= 15 is 0 Å². The molecule has 2 amide bonds. The first-order valence-electron chi connectivity index (χ1n) is 8.68. The third-order valence-electron chi connectivity index (χ3n) is 3.80. The minimum absolute atomic E-state index is 0.0218. The minimum atomic E-state index is -0.0218. The molecule has 0 saturated heterocycles. The first kappa shape index (κ1) is 19.9. The second-order valence-corrected chi connectivity index (χ2v) is 6.84. The summed E-state index contributed by atoms with van der Waals surface area (Å²) in [5, 5.41) is 8.61. The zero-order valence-electron chi connectivity index (χ0n) is 15.2. The molecule has 0 spiro atoms. The average Bonchev–Trinajstić information content (AvgIpc) is 3.11. The normalized spacial score (nSPS) is 10.4. The summed E-state index contributed by atoms with van der Waals surface area (Å²) in [6.45, 7) is 2.78. The first-order valence-corrected chi connectivity index (χ1v) is 9.56. The van der Waals surface area contributed by atoms with Crippen LogP contribution in [0.15, 0.2) is 29.6 Å². The Balaban J connectivity index is 1.68. The predicted octanol–water partition coefficient (Wildman–Crippen LogP) is 2.78. The molecule has 0 bridgehead atoms. The van der Waals surface area contributed by atoms with Crippen LogP contribution in [0.2, 0.25) is 0 Å². The van der Waals surface area contributed by atoms with Crippen molar-refractivity contribution in [3.63, 3.8) is 0 Å². The van der Waals surface area contributed by atoms with Gasteiger partial charge in [-0.05, 0) is 37.1 Å². The van der Waals surface area contributed by atoms with Gasteiger partial charge in [-0.2, -0.15) is 0 Å². The number of aryl methyl sites for hydroxylation is 1. The molecule has 0 aliphatic carbocycles. The number of ether oxygens (including phenoxy) is 1. The Morgan fingerprint density at radius 2 is 1.81 bits per heavy atom. The van der Waals surface area contributed by atoms with Crippen LogP contribution in [0.1, 0.15) is 31.2 Å². The molecule has 26 heavy (non-hydrogen) atoms. The third-order valence-corrected chi connectivity index (χ3v) is 4.71. The number of benzene rings is 1. The summed E-state index contributed by atoms with van der Waals surface area (Å²) in [6, 6.07) is 7.78. The molecular formula is C19H25N3O3S. The number of hydrogen-bond donors (Lipinski definition) is 2. The van der Waals surface area contributed by atoms with Gasteiger partial charge in [-0.15, -0.1) is 11.3 Å². The number of aromatic nitrogens is 1. The van der Waals surface area contributed by atoms with Gasteiger partial charge >= 0.3 is 0 Å². The SMILES string of the molecule is COc1ccc(-c2csc(CCC(=O)NCCCCNC(C)=O)n2)cc1. The van der Waals surface area contributed by atoms with Crippen molar-refractivity contribution in [1.82, 2.24) is 15.6 Å². The number of methoxy groups -OCH3 is 1. The Bertz CT molecular complexity index is 713. The Hall–Kier alpha value is -2.41. The van der Waals surface area contributed by atoms with Gasteiger partial charge in [-0.25, -0.2) is 4.98 Å². The van der Waals surface area contributed by atoms with E-state index in [1.165, 1.54) is 6.92 Å². The molecule has 0 radical (unpaired) electrons. The summed E-state index contributed by atoms with van der Waals surface area (Å²) in [6.07, 6.45) is 2.78. The van der Waals surface area contributed by atoms with Gasteiger partial charge in [0.25, 0.3) is 0 Å². The molecule has 0 atom stereocenters. The van der Waals surface area contributed by atoms with Gasteiger partial charge in [0, 0.05) is 43.8 Å². The Morgan fingerprint density at radius 3 is 2.46 bits per heavy atom. The lowest BCUT2D eigenvalue weighted by atomic mass is 10.2. The number of carbonyl (C=O) groups is 2. The molecule has 6 nitrogen and oxygen atoms in total. The van der Waals surface area contributed by atoms with Gasteiger partial charge in [0.15, 0.2) is 0 Å². The maximum absolute atomic E-state index is 11.9. The summed E-state index contributed by atoms with van der Waals surface area (Å²) in [4.78, 5) is 27.2. The van der Waals surface area contributed by atoms with Crippen LogP contribution in [0.25, 0.3) is 11.3 Å². The fourth-order valence-electron chi connectivity index (χ4n) is 2.37. The fourth-order valence-corrected chi connectivity index (χ4v) is 3.18. The van der Waals surface area contributed by atoms with Crippen molar-refractivity contribution < 1.29 is 14.3 Å². The molecule has 2 N–H and O–H groups in total. The van der Waals surface area contributed by atoms with Crippen molar-refractivity contribution >= 4 is 23.2 Å². The molecule has 1 heterocycles. The number of amides is 2. The minimum Gasteiger partial charge on any atom is -0.497 e. The highest BCUT2D eigenvalue weighted by molar-refractivity contribution is 7.09. The highest BCUT2D eigenvalue weighted by Crippen LogP contribution is 2.24. The smallest absolute Gasteiger partial charge is 0.220 e. The molecule has 1 aromatic heterocycles. The molecule has 2 aromatic rings. The average molecular weight is 375 g/mol. The monoisotopic (exact) mass is 375 g/mol. The van der Waals surface area contributed by atoms with Crippen LogP contribution in [-0.4, -0.2) is 37.0 Å². The summed E-state index contributed by atoms with van der Waals surface area (Å²) in [5.74, 6) is 0.829. The van der Waals surface area contributed by atoms with Crippen LogP contribution in [0.3, 0.4) is 0 Å². The molecule has 0 unspecified atom stereocenters. The van der Waals surface area contributed by atoms with E-state index in [4.69, 9.17) is 4.74 Å². The molecule has 7 heteroatoms. The van der Waals surface area contributed by atoms with Crippen LogP contribution in [-0.2, 0) is 16.0 Å². The van der Waals surface area contributed by atoms with Gasteiger partial charge in [0.05, 0.1) is 17.8 Å². The van der Waals surface area contributed by atoms with E-state index in [9.17, 15) is 9.59 Å². The fraction of sp³-hybridized carbons (Fsp3) is 0.421. The predicted molar refractivity (Wildman–Crippen MR) is 103 cm³/mol. The van der Waals surface area contributed by atoms with Gasteiger partial charge in [-0.3, -0.25) is 9.59 Å². The highest BCUT2D eigenvalue weighted by atomic mass is 32.1. The van der Waals surface area contributed by atoms with Crippen LogP contribution in [0.5, 0.6) is 5.75 Å². The van der Waals surface area contributed by atoms with Gasteiger partial charge < -0.3 is 15.4 Å². The van der Waals surface area contributed by atoms with Crippen LogP contribution < -0.4 is 15.4 Å². The van der Waals surface area contributed by atoms with E-state index in [1.54, 1.807) is 18.4 Å². The lowest BCUT2D eigenvalue weighted by molar-refractivity contribution is -0.121. The summed E-state index contributed by atoms with van der Waals surface area (Å²) >= 11 is 1.57. The number of unbranched alkanes of at least 4 members (excludes halogenated alkanes) is 1. The maximum atomic E-state index is 11.9. The zero-order valence-corrected chi connectivity index (χ0v) is 16.0. The number of rotatable bonds is 10. The van der Waals surface area contributed by atoms with Crippen LogP contribution >= 0.6 is 11.3 Å². The second-order valence-electron chi connectivity index (χ2n) is 5.90. The molecule has 0 saturated carbocycles. The highest BCUT2D eigenvalue weighted by Gasteiger charge is 2.07. The molecule has 0 fully saturated rings. The summed E-state index contributed by atoms with van der Waals surface area (Å²) in [7, 11) is 1.64. The standard InChI is InChI=1S/C19H25N3O3S/c1-14(23)20-11-3-4-12-21-18(24)9-10-19-22-17(13-26-19)15-5-7-16(25-2)8-6-15/h5-8,13H,3-4,9-12H2,1-2H3,(H,20,23)(H,21,24). The number of nitrogens with one attached hydrogen (secondary N) is 2. The molecular weight excluding hydrogens is 350 g/mol.